The van der Waals surface area contributed by atoms with Crippen molar-refractivity contribution in [3.05, 3.63) is 70.4 Å². The minimum Gasteiger partial charge on any atom is -0.483 e. The van der Waals surface area contributed by atoms with Gasteiger partial charge in [0, 0.05) is 23.4 Å². The SMILES string of the molecule is CC1(C)Cc2cccc(OCC(=O)Nc3cccc(NC(=O)c4cccs4)c3)c2O1. The van der Waals surface area contributed by atoms with Crippen LogP contribution in [-0.4, -0.2) is 24.0 Å². The molecule has 2 amide bonds. The first kappa shape index (κ1) is 20.0. The van der Waals surface area contributed by atoms with E-state index in [1.165, 1.54) is 11.3 Å². The number of thiophene rings is 1. The van der Waals surface area contributed by atoms with Gasteiger partial charge in [-0.1, -0.05) is 24.3 Å². The zero-order valence-corrected chi connectivity index (χ0v) is 17.5. The Bertz CT molecular complexity index is 1080. The van der Waals surface area contributed by atoms with Crippen molar-refractivity contribution in [3.8, 4) is 11.5 Å². The molecule has 0 saturated carbocycles. The van der Waals surface area contributed by atoms with Gasteiger partial charge in [0.2, 0.25) is 0 Å². The molecule has 2 heterocycles. The average molecular weight is 423 g/mol. The highest BCUT2D eigenvalue weighted by molar-refractivity contribution is 7.12. The van der Waals surface area contributed by atoms with Crippen molar-refractivity contribution in [1.82, 2.24) is 0 Å². The lowest BCUT2D eigenvalue weighted by Gasteiger charge is -2.18. The van der Waals surface area contributed by atoms with E-state index in [2.05, 4.69) is 10.6 Å². The monoisotopic (exact) mass is 422 g/mol. The Morgan fingerprint density at radius 1 is 1.07 bits per heavy atom. The first-order chi connectivity index (χ1) is 14.4. The van der Waals surface area contributed by atoms with E-state index < -0.39 is 0 Å². The number of benzene rings is 2. The van der Waals surface area contributed by atoms with Crippen LogP contribution < -0.4 is 20.1 Å². The molecule has 0 fully saturated rings. The van der Waals surface area contributed by atoms with Crippen LogP contribution >= 0.6 is 11.3 Å². The van der Waals surface area contributed by atoms with E-state index in [1.807, 2.05) is 37.4 Å². The summed E-state index contributed by atoms with van der Waals surface area (Å²) in [4.78, 5) is 25.2. The molecule has 0 aliphatic carbocycles. The Balaban J connectivity index is 1.35. The van der Waals surface area contributed by atoms with Crippen molar-refractivity contribution < 1.29 is 19.1 Å². The van der Waals surface area contributed by atoms with Gasteiger partial charge >= 0.3 is 0 Å². The lowest BCUT2D eigenvalue weighted by molar-refractivity contribution is -0.118. The molecule has 3 aromatic rings. The molecule has 1 aliphatic heterocycles. The van der Waals surface area contributed by atoms with Gasteiger partial charge in [-0.05, 0) is 49.6 Å². The summed E-state index contributed by atoms with van der Waals surface area (Å²) in [5.41, 5.74) is 1.97. The molecule has 7 heteroatoms. The number of para-hydroxylation sites is 1. The van der Waals surface area contributed by atoms with Crippen molar-refractivity contribution >= 4 is 34.5 Å². The first-order valence-electron chi connectivity index (χ1n) is 9.58. The average Bonchev–Trinajstić information content (AvgIpc) is 3.33. The predicted octanol–water partition coefficient (Wildman–Crippen LogP) is 4.73. The van der Waals surface area contributed by atoms with E-state index in [0.29, 0.717) is 27.8 Å². The molecule has 1 aliphatic rings. The van der Waals surface area contributed by atoms with Gasteiger partial charge in [0.05, 0.1) is 4.88 Å². The van der Waals surface area contributed by atoms with Crippen LogP contribution in [0.25, 0.3) is 0 Å². The number of nitrogens with one attached hydrogen (secondary N) is 2. The summed E-state index contributed by atoms with van der Waals surface area (Å²) in [5, 5.41) is 7.46. The maximum atomic E-state index is 12.4. The number of ether oxygens (including phenoxy) is 2. The van der Waals surface area contributed by atoms with Crippen LogP contribution in [0, 0.1) is 0 Å². The smallest absolute Gasteiger partial charge is 0.265 e. The molecular formula is C23H22N2O4S. The van der Waals surface area contributed by atoms with Gasteiger partial charge in [-0.15, -0.1) is 11.3 Å². The van der Waals surface area contributed by atoms with E-state index in [4.69, 9.17) is 9.47 Å². The first-order valence-corrected chi connectivity index (χ1v) is 10.5. The fourth-order valence-corrected chi connectivity index (χ4v) is 3.94. The quantitative estimate of drug-likeness (QED) is 0.602. The van der Waals surface area contributed by atoms with E-state index >= 15 is 0 Å². The van der Waals surface area contributed by atoms with Gasteiger partial charge in [0.15, 0.2) is 18.1 Å². The van der Waals surface area contributed by atoms with E-state index in [-0.39, 0.29) is 24.0 Å². The van der Waals surface area contributed by atoms with E-state index in [1.54, 1.807) is 36.4 Å². The summed E-state index contributed by atoms with van der Waals surface area (Å²) in [7, 11) is 0. The number of carbonyl (C=O) groups is 2. The standard InChI is InChI=1S/C23H22N2O4S/c1-23(2)13-15-6-3-9-18(21(15)29-23)28-14-20(26)24-16-7-4-8-17(12-16)25-22(27)19-10-5-11-30-19/h3-12H,13-14H2,1-2H3,(H,24,26)(H,25,27). The number of carbonyl (C=O) groups excluding carboxylic acids is 2. The molecule has 2 N–H and O–H groups in total. The Labute approximate surface area is 178 Å². The second kappa shape index (κ2) is 8.20. The third-order valence-electron chi connectivity index (χ3n) is 4.56. The Kier molecular flexibility index (Phi) is 5.46. The van der Waals surface area contributed by atoms with Gasteiger partial charge < -0.3 is 20.1 Å². The summed E-state index contributed by atoms with van der Waals surface area (Å²) in [5.74, 6) is 0.781. The zero-order chi connectivity index (χ0) is 21.1. The fraction of sp³-hybridized carbons (Fsp3) is 0.217. The van der Waals surface area contributed by atoms with E-state index in [0.717, 1.165) is 12.0 Å². The molecule has 2 aromatic carbocycles. The summed E-state index contributed by atoms with van der Waals surface area (Å²) >= 11 is 1.37. The van der Waals surface area contributed by atoms with E-state index in [9.17, 15) is 9.59 Å². The van der Waals surface area contributed by atoms with Crippen molar-refractivity contribution in [1.29, 1.82) is 0 Å². The van der Waals surface area contributed by atoms with Crippen LogP contribution in [0.1, 0.15) is 29.1 Å². The normalized spacial score (nSPS) is 13.8. The molecule has 0 unspecified atom stereocenters. The minimum absolute atomic E-state index is 0.147. The highest BCUT2D eigenvalue weighted by atomic mass is 32.1. The molecule has 0 saturated heterocycles. The van der Waals surface area contributed by atoms with Crippen LogP contribution in [-0.2, 0) is 11.2 Å². The van der Waals surface area contributed by atoms with Crippen LogP contribution in [0.4, 0.5) is 11.4 Å². The molecule has 154 valence electrons. The Morgan fingerprint density at radius 2 is 1.83 bits per heavy atom. The number of hydrogen-bond acceptors (Lipinski definition) is 5. The van der Waals surface area contributed by atoms with Gasteiger partial charge in [-0.3, -0.25) is 9.59 Å². The van der Waals surface area contributed by atoms with Crippen LogP contribution in [0.3, 0.4) is 0 Å². The highest BCUT2D eigenvalue weighted by Gasteiger charge is 2.32. The second-order valence-electron chi connectivity index (χ2n) is 7.63. The van der Waals surface area contributed by atoms with Crippen molar-refractivity contribution in [2.75, 3.05) is 17.2 Å². The highest BCUT2D eigenvalue weighted by Crippen LogP contribution is 2.41. The lowest BCUT2D eigenvalue weighted by atomic mass is 10.0. The summed E-state index contributed by atoms with van der Waals surface area (Å²) in [6.45, 7) is 3.90. The fourth-order valence-electron chi connectivity index (χ4n) is 3.32. The molecule has 0 bridgehead atoms. The Morgan fingerprint density at radius 3 is 2.60 bits per heavy atom. The molecule has 1 aromatic heterocycles. The maximum Gasteiger partial charge on any atom is 0.265 e. The molecular weight excluding hydrogens is 400 g/mol. The number of hydrogen-bond donors (Lipinski definition) is 2. The summed E-state index contributed by atoms with van der Waals surface area (Å²) < 4.78 is 11.7. The van der Waals surface area contributed by atoms with Crippen molar-refractivity contribution in [2.45, 2.75) is 25.9 Å². The largest absolute Gasteiger partial charge is 0.483 e. The number of fused-ring (bicyclic) bond motifs is 1. The zero-order valence-electron chi connectivity index (χ0n) is 16.7. The summed E-state index contributed by atoms with van der Waals surface area (Å²) in [6.07, 6.45) is 0.801. The van der Waals surface area contributed by atoms with Crippen molar-refractivity contribution in [3.63, 3.8) is 0 Å². The minimum atomic E-state index is -0.299. The topological polar surface area (TPSA) is 76.7 Å². The Hall–Kier alpha value is -3.32. The molecule has 30 heavy (non-hydrogen) atoms. The van der Waals surface area contributed by atoms with Crippen LogP contribution in [0.2, 0.25) is 0 Å². The maximum absolute atomic E-state index is 12.4. The lowest BCUT2D eigenvalue weighted by Crippen LogP contribution is -2.25. The van der Waals surface area contributed by atoms with Crippen LogP contribution in [0.15, 0.2) is 60.0 Å². The molecule has 4 rings (SSSR count). The van der Waals surface area contributed by atoms with Gasteiger partial charge in [-0.2, -0.15) is 0 Å². The predicted molar refractivity (Wildman–Crippen MR) is 118 cm³/mol. The number of rotatable bonds is 6. The van der Waals surface area contributed by atoms with Gasteiger partial charge in [0.25, 0.3) is 11.8 Å². The molecule has 0 radical (unpaired) electrons. The molecule has 6 nitrogen and oxygen atoms in total. The second-order valence-corrected chi connectivity index (χ2v) is 8.58. The molecule has 0 spiro atoms. The third kappa shape index (κ3) is 4.63. The summed E-state index contributed by atoms with van der Waals surface area (Å²) in [6, 6.07) is 16.3. The number of amides is 2. The number of anilines is 2. The molecule has 0 atom stereocenters. The van der Waals surface area contributed by atoms with Gasteiger partial charge in [-0.25, -0.2) is 0 Å². The third-order valence-corrected chi connectivity index (χ3v) is 5.43. The van der Waals surface area contributed by atoms with Crippen LogP contribution in [0.5, 0.6) is 11.5 Å². The van der Waals surface area contributed by atoms with Crippen molar-refractivity contribution in [2.24, 2.45) is 0 Å². The van der Waals surface area contributed by atoms with Gasteiger partial charge in [0.1, 0.15) is 5.60 Å².